The maximum Gasteiger partial charge on any atom is 0.350 e. The summed E-state index contributed by atoms with van der Waals surface area (Å²) in [7, 11) is -4.59. The molecule has 40 heavy (non-hydrogen) atoms. The van der Waals surface area contributed by atoms with Crippen molar-refractivity contribution in [3.05, 3.63) is 54.4 Å². The topological polar surface area (TPSA) is 105 Å². The molecule has 0 spiro atoms. The molecule has 0 aliphatic carbocycles. The lowest BCUT2D eigenvalue weighted by Crippen LogP contribution is -2.48. The van der Waals surface area contributed by atoms with Gasteiger partial charge in [0.2, 0.25) is 5.91 Å². The largest absolute Gasteiger partial charge is 0.372 e. The second-order valence-electron chi connectivity index (χ2n) is 10.5. The molecule has 9 nitrogen and oxygen atoms in total. The van der Waals surface area contributed by atoms with Gasteiger partial charge in [-0.15, -0.1) is 0 Å². The fraction of sp³-hybridized carbons (Fsp3) is 0.464. The number of aromatic nitrogens is 2. The van der Waals surface area contributed by atoms with Crippen LogP contribution < -0.4 is 10.2 Å². The Morgan fingerprint density at radius 1 is 1.07 bits per heavy atom. The minimum atomic E-state index is -4.59. The van der Waals surface area contributed by atoms with Crippen LogP contribution in [0.3, 0.4) is 0 Å². The number of ether oxygens (including phenoxy) is 1. The van der Waals surface area contributed by atoms with Crippen LogP contribution in [-0.2, 0) is 26.0 Å². The van der Waals surface area contributed by atoms with Crippen LogP contribution in [0.2, 0.25) is 0 Å². The van der Waals surface area contributed by atoms with E-state index in [1.165, 1.54) is 0 Å². The second-order valence-corrected chi connectivity index (χ2v) is 12.4. The van der Waals surface area contributed by atoms with Crippen molar-refractivity contribution in [3.63, 3.8) is 0 Å². The molecule has 2 aromatic heterocycles. The number of nitrogens with zero attached hydrogens (tertiary/aromatic N) is 4. The minimum Gasteiger partial charge on any atom is -0.372 e. The van der Waals surface area contributed by atoms with E-state index in [9.17, 15) is 22.0 Å². The average Bonchev–Trinajstić information content (AvgIpc) is 2.92. The van der Waals surface area contributed by atoms with Crippen LogP contribution in [0.5, 0.6) is 0 Å². The number of nitrogens with one attached hydrogen (secondary N) is 1. The molecule has 0 saturated carbocycles. The van der Waals surface area contributed by atoms with Gasteiger partial charge in [-0.1, -0.05) is 18.2 Å². The summed E-state index contributed by atoms with van der Waals surface area (Å²) in [5.74, 6) is -2.78. The first-order valence-electron chi connectivity index (χ1n) is 13.4. The predicted molar refractivity (Wildman–Crippen MR) is 149 cm³/mol. The highest BCUT2D eigenvalue weighted by Crippen LogP contribution is 2.27. The van der Waals surface area contributed by atoms with E-state index in [4.69, 9.17) is 9.72 Å². The van der Waals surface area contributed by atoms with Crippen LogP contribution in [-0.4, -0.2) is 78.8 Å². The molecule has 4 heterocycles. The molecule has 214 valence electrons. The molecule has 5 rings (SSSR count). The maximum absolute atomic E-state index is 12.8. The Labute approximate surface area is 232 Å². The van der Waals surface area contributed by atoms with Crippen LogP contribution in [0.4, 0.5) is 14.6 Å². The van der Waals surface area contributed by atoms with Crippen LogP contribution in [0, 0.1) is 0 Å². The molecule has 0 unspecified atom stereocenters. The number of sulfonamides is 1. The van der Waals surface area contributed by atoms with Gasteiger partial charge in [0.15, 0.2) is 0 Å². The van der Waals surface area contributed by atoms with E-state index >= 15 is 0 Å². The van der Waals surface area contributed by atoms with Gasteiger partial charge in [-0.2, -0.15) is 13.1 Å². The molecule has 1 aromatic carbocycles. The lowest BCUT2D eigenvalue weighted by molar-refractivity contribution is -0.121. The van der Waals surface area contributed by atoms with Gasteiger partial charge in [-0.3, -0.25) is 9.78 Å². The number of halogens is 2. The van der Waals surface area contributed by atoms with E-state index in [-0.39, 0.29) is 56.5 Å². The van der Waals surface area contributed by atoms with Gasteiger partial charge in [0.05, 0.1) is 30.0 Å². The summed E-state index contributed by atoms with van der Waals surface area (Å²) in [4.78, 5) is 24.3. The van der Waals surface area contributed by atoms with Gasteiger partial charge in [0.1, 0.15) is 5.82 Å². The van der Waals surface area contributed by atoms with E-state index in [1.54, 1.807) is 6.20 Å². The van der Waals surface area contributed by atoms with Crippen molar-refractivity contribution in [2.45, 2.75) is 57.1 Å². The third-order valence-corrected chi connectivity index (χ3v) is 8.83. The highest BCUT2D eigenvalue weighted by molar-refractivity contribution is 7.89. The minimum absolute atomic E-state index is 0.0482. The fourth-order valence-electron chi connectivity index (χ4n) is 5.38. The summed E-state index contributed by atoms with van der Waals surface area (Å²) < 4.78 is 55.5. The molecular weight excluding hydrogens is 540 g/mol. The Morgan fingerprint density at radius 2 is 1.80 bits per heavy atom. The van der Waals surface area contributed by atoms with Crippen molar-refractivity contribution < 1.29 is 26.7 Å². The number of morpholine rings is 1. The summed E-state index contributed by atoms with van der Waals surface area (Å²) in [5, 5.41) is 4.76. The molecule has 1 amide bonds. The molecule has 3 aromatic rings. The Hall–Kier alpha value is -3.22. The number of hydrogen-bond acceptors (Lipinski definition) is 7. The van der Waals surface area contributed by atoms with Crippen LogP contribution in [0.1, 0.15) is 32.4 Å². The number of carbonyl (C=O) groups excluding carboxylic acids is 1. The first-order chi connectivity index (χ1) is 19.1. The number of piperidine rings is 1. The zero-order valence-corrected chi connectivity index (χ0v) is 23.3. The average molecular weight is 574 g/mol. The summed E-state index contributed by atoms with van der Waals surface area (Å²) in [5.41, 5.74) is 2.40. The van der Waals surface area contributed by atoms with Crippen molar-refractivity contribution in [3.8, 4) is 11.3 Å². The number of fused-ring (bicyclic) bond motifs is 1. The van der Waals surface area contributed by atoms with E-state index in [0.717, 1.165) is 45.2 Å². The normalized spacial score (nSPS) is 21.2. The van der Waals surface area contributed by atoms with Gasteiger partial charge in [-0.25, -0.2) is 13.4 Å². The highest BCUT2D eigenvalue weighted by Gasteiger charge is 2.35. The molecule has 2 fully saturated rings. The third kappa shape index (κ3) is 6.39. The van der Waals surface area contributed by atoms with E-state index in [0.29, 0.717) is 5.69 Å². The second kappa shape index (κ2) is 11.7. The van der Waals surface area contributed by atoms with Gasteiger partial charge in [0.25, 0.3) is 10.0 Å². The van der Waals surface area contributed by atoms with Crippen molar-refractivity contribution in [2.24, 2.45) is 0 Å². The molecule has 12 heteroatoms. The molecule has 2 aliphatic heterocycles. The zero-order valence-electron chi connectivity index (χ0n) is 22.5. The fourth-order valence-corrected chi connectivity index (χ4v) is 6.32. The number of hydrogen-bond donors (Lipinski definition) is 1. The van der Waals surface area contributed by atoms with E-state index in [2.05, 4.69) is 29.0 Å². The standard InChI is InChI=1S/C28H33F2N5O4S/c1-18-16-34(17-19(2)39-18)26-5-3-4-25(33-26)20-6-7-21-15-31-24(13-22(21)12-20)14-27(36)32-23-8-10-35(11-9-23)40(37,38)28(29)30/h3-7,12-13,15,18-19,23,28H,8-11,14,16-17H2,1-2H3,(H,32,36)/t18-,19+. The van der Waals surface area contributed by atoms with Gasteiger partial charge in [-0.05, 0) is 56.3 Å². The Morgan fingerprint density at radius 3 is 2.50 bits per heavy atom. The number of carbonyl (C=O) groups is 1. The van der Waals surface area contributed by atoms with Gasteiger partial charge >= 0.3 is 5.76 Å². The molecule has 2 atom stereocenters. The van der Waals surface area contributed by atoms with Crippen molar-refractivity contribution in [1.82, 2.24) is 19.6 Å². The zero-order chi connectivity index (χ0) is 28.4. The number of alkyl halides is 2. The number of pyridine rings is 2. The Balaban J connectivity index is 1.24. The maximum atomic E-state index is 12.8. The summed E-state index contributed by atoms with van der Waals surface area (Å²) in [6, 6.07) is 13.6. The number of benzene rings is 1. The molecule has 2 saturated heterocycles. The Kier molecular flexibility index (Phi) is 8.29. The SMILES string of the molecule is C[C@@H]1CN(c2cccc(-c3ccc4cnc(CC(=O)NC5CCN(S(=O)(=O)C(F)F)CC5)cc4c3)n2)C[C@H](C)O1. The van der Waals surface area contributed by atoms with E-state index < -0.39 is 15.8 Å². The van der Waals surface area contributed by atoms with Crippen LogP contribution in [0.25, 0.3) is 22.0 Å². The number of amides is 1. The molecule has 0 radical (unpaired) electrons. The first kappa shape index (κ1) is 28.3. The molecule has 1 N–H and O–H groups in total. The van der Waals surface area contributed by atoms with Gasteiger partial charge in [0, 0.05) is 49.4 Å². The molecular formula is C28H33F2N5O4S. The van der Waals surface area contributed by atoms with E-state index in [1.807, 2.05) is 42.5 Å². The Bertz CT molecular complexity index is 1470. The van der Waals surface area contributed by atoms with Crippen LogP contribution >= 0.6 is 0 Å². The van der Waals surface area contributed by atoms with Gasteiger partial charge < -0.3 is 15.0 Å². The third-order valence-electron chi connectivity index (χ3n) is 7.30. The summed E-state index contributed by atoms with van der Waals surface area (Å²) in [6.45, 7) is 5.59. The first-order valence-corrected chi connectivity index (χ1v) is 14.9. The summed E-state index contributed by atoms with van der Waals surface area (Å²) in [6.07, 6.45) is 2.60. The highest BCUT2D eigenvalue weighted by atomic mass is 32.2. The lowest BCUT2D eigenvalue weighted by Gasteiger charge is -2.36. The molecule has 2 aliphatic rings. The smallest absolute Gasteiger partial charge is 0.350 e. The number of anilines is 1. The van der Waals surface area contributed by atoms with Crippen LogP contribution in [0.15, 0.2) is 48.7 Å². The lowest BCUT2D eigenvalue weighted by atomic mass is 10.0. The molecule has 0 bridgehead atoms. The quantitative estimate of drug-likeness (QED) is 0.461. The van der Waals surface area contributed by atoms with Crippen molar-refractivity contribution in [1.29, 1.82) is 0 Å². The number of rotatable bonds is 7. The predicted octanol–water partition coefficient (Wildman–Crippen LogP) is 3.59. The van der Waals surface area contributed by atoms with Crippen molar-refractivity contribution >= 4 is 32.5 Å². The monoisotopic (exact) mass is 573 g/mol. The van der Waals surface area contributed by atoms with Crippen molar-refractivity contribution in [2.75, 3.05) is 31.1 Å². The summed E-state index contributed by atoms with van der Waals surface area (Å²) >= 11 is 0.